The molecular formula is C19H27N3O3. The highest BCUT2D eigenvalue weighted by atomic mass is 16.2. The SMILES string of the molecule is CC(=O)NC(Cc1ccc(C)cc1C)C(=O)N1CCN(C(C)=O)CC1. The fourth-order valence-electron chi connectivity index (χ4n) is 3.20. The Hall–Kier alpha value is -2.37. The van der Waals surface area contributed by atoms with Crippen LogP contribution >= 0.6 is 0 Å². The van der Waals surface area contributed by atoms with Crippen LogP contribution in [0.25, 0.3) is 0 Å². The van der Waals surface area contributed by atoms with Crippen LogP contribution in [0.3, 0.4) is 0 Å². The summed E-state index contributed by atoms with van der Waals surface area (Å²) >= 11 is 0. The Morgan fingerprint density at radius 1 is 1.04 bits per heavy atom. The number of nitrogens with zero attached hydrogens (tertiary/aromatic N) is 2. The van der Waals surface area contributed by atoms with Gasteiger partial charge < -0.3 is 15.1 Å². The van der Waals surface area contributed by atoms with E-state index in [1.807, 2.05) is 26.0 Å². The molecule has 3 amide bonds. The number of hydrogen-bond acceptors (Lipinski definition) is 3. The van der Waals surface area contributed by atoms with Crippen LogP contribution in [0.1, 0.15) is 30.5 Å². The summed E-state index contributed by atoms with van der Waals surface area (Å²) < 4.78 is 0. The second-order valence-corrected chi connectivity index (χ2v) is 6.72. The topological polar surface area (TPSA) is 69.7 Å². The third-order valence-corrected chi connectivity index (χ3v) is 4.63. The van der Waals surface area contributed by atoms with Crippen molar-refractivity contribution >= 4 is 17.7 Å². The predicted octanol–water partition coefficient (Wildman–Crippen LogP) is 1.04. The molecular weight excluding hydrogens is 318 g/mol. The second kappa shape index (κ2) is 8.14. The molecule has 0 bridgehead atoms. The minimum atomic E-state index is -0.581. The smallest absolute Gasteiger partial charge is 0.245 e. The summed E-state index contributed by atoms with van der Waals surface area (Å²) in [6.07, 6.45) is 0.470. The van der Waals surface area contributed by atoms with Crippen molar-refractivity contribution in [2.45, 2.75) is 40.2 Å². The monoisotopic (exact) mass is 345 g/mol. The molecule has 1 N–H and O–H groups in total. The van der Waals surface area contributed by atoms with Gasteiger partial charge in [-0.05, 0) is 25.0 Å². The first-order valence-corrected chi connectivity index (χ1v) is 8.65. The normalized spacial score (nSPS) is 15.7. The van der Waals surface area contributed by atoms with Gasteiger partial charge in [0.1, 0.15) is 6.04 Å². The summed E-state index contributed by atoms with van der Waals surface area (Å²) in [4.78, 5) is 39.4. The molecule has 6 heteroatoms. The molecule has 1 aromatic carbocycles. The van der Waals surface area contributed by atoms with E-state index in [0.717, 1.165) is 11.1 Å². The maximum atomic E-state index is 12.9. The van der Waals surface area contributed by atoms with Crippen LogP contribution < -0.4 is 5.32 Å². The zero-order chi connectivity index (χ0) is 18.6. The van der Waals surface area contributed by atoms with E-state index in [2.05, 4.69) is 11.4 Å². The molecule has 0 spiro atoms. The van der Waals surface area contributed by atoms with Gasteiger partial charge in [0.05, 0.1) is 0 Å². The number of benzene rings is 1. The second-order valence-electron chi connectivity index (χ2n) is 6.72. The van der Waals surface area contributed by atoms with Crippen molar-refractivity contribution in [1.29, 1.82) is 0 Å². The Morgan fingerprint density at radius 2 is 1.64 bits per heavy atom. The van der Waals surface area contributed by atoms with Gasteiger partial charge in [-0.3, -0.25) is 14.4 Å². The Labute approximate surface area is 149 Å². The number of piperazine rings is 1. The molecule has 136 valence electrons. The summed E-state index contributed by atoms with van der Waals surface area (Å²) in [5, 5.41) is 2.79. The van der Waals surface area contributed by atoms with E-state index >= 15 is 0 Å². The van der Waals surface area contributed by atoms with E-state index < -0.39 is 6.04 Å². The Bertz CT molecular complexity index is 664. The van der Waals surface area contributed by atoms with Crippen LogP contribution in [0.15, 0.2) is 18.2 Å². The Kier molecular flexibility index (Phi) is 6.17. The minimum Gasteiger partial charge on any atom is -0.344 e. The van der Waals surface area contributed by atoms with Crippen molar-refractivity contribution in [1.82, 2.24) is 15.1 Å². The van der Waals surface area contributed by atoms with Gasteiger partial charge in [0, 0.05) is 46.4 Å². The van der Waals surface area contributed by atoms with E-state index in [-0.39, 0.29) is 17.7 Å². The first-order chi connectivity index (χ1) is 11.8. The van der Waals surface area contributed by atoms with Crippen molar-refractivity contribution in [3.05, 3.63) is 34.9 Å². The first kappa shape index (κ1) is 19.0. The fourth-order valence-corrected chi connectivity index (χ4v) is 3.20. The first-order valence-electron chi connectivity index (χ1n) is 8.65. The largest absolute Gasteiger partial charge is 0.344 e. The molecule has 0 saturated carbocycles. The van der Waals surface area contributed by atoms with Crippen LogP contribution in [0, 0.1) is 13.8 Å². The van der Waals surface area contributed by atoms with Gasteiger partial charge in [0.25, 0.3) is 0 Å². The molecule has 2 rings (SSSR count). The van der Waals surface area contributed by atoms with E-state index in [4.69, 9.17) is 0 Å². The van der Waals surface area contributed by atoms with E-state index in [1.165, 1.54) is 19.4 Å². The van der Waals surface area contributed by atoms with Crippen LogP contribution in [-0.4, -0.2) is 59.7 Å². The number of rotatable bonds is 4. The van der Waals surface area contributed by atoms with Gasteiger partial charge in [-0.25, -0.2) is 0 Å². The van der Waals surface area contributed by atoms with Crippen LogP contribution in [0.2, 0.25) is 0 Å². The lowest BCUT2D eigenvalue weighted by Gasteiger charge is -2.36. The Balaban J connectivity index is 2.10. The molecule has 0 aromatic heterocycles. The maximum Gasteiger partial charge on any atom is 0.245 e. The lowest BCUT2D eigenvalue weighted by atomic mass is 9.98. The van der Waals surface area contributed by atoms with Crippen LogP contribution in [0.5, 0.6) is 0 Å². The highest BCUT2D eigenvalue weighted by Gasteiger charge is 2.29. The number of nitrogens with one attached hydrogen (secondary N) is 1. The molecule has 6 nitrogen and oxygen atoms in total. The van der Waals surface area contributed by atoms with E-state index in [0.29, 0.717) is 32.6 Å². The zero-order valence-corrected chi connectivity index (χ0v) is 15.5. The number of aryl methyl sites for hydroxylation is 2. The summed E-state index contributed by atoms with van der Waals surface area (Å²) in [5.41, 5.74) is 3.34. The number of amides is 3. The lowest BCUT2D eigenvalue weighted by Crippen LogP contribution is -2.56. The van der Waals surface area contributed by atoms with E-state index in [1.54, 1.807) is 9.80 Å². The lowest BCUT2D eigenvalue weighted by molar-refractivity contribution is -0.140. The molecule has 1 atom stereocenters. The molecule has 1 fully saturated rings. The fraction of sp³-hybridized carbons (Fsp3) is 0.526. The molecule has 0 aliphatic carbocycles. The summed E-state index contributed by atoms with van der Waals surface area (Å²) in [7, 11) is 0. The van der Waals surface area contributed by atoms with Crippen molar-refractivity contribution < 1.29 is 14.4 Å². The van der Waals surface area contributed by atoms with Gasteiger partial charge >= 0.3 is 0 Å². The average Bonchev–Trinajstić information content (AvgIpc) is 2.55. The number of hydrogen-bond donors (Lipinski definition) is 1. The van der Waals surface area contributed by atoms with Crippen LogP contribution in [-0.2, 0) is 20.8 Å². The van der Waals surface area contributed by atoms with Crippen LogP contribution in [0.4, 0.5) is 0 Å². The molecule has 1 unspecified atom stereocenters. The van der Waals surface area contributed by atoms with Gasteiger partial charge in [-0.1, -0.05) is 23.8 Å². The van der Waals surface area contributed by atoms with Crippen molar-refractivity contribution in [3.63, 3.8) is 0 Å². The maximum absolute atomic E-state index is 12.9. The summed E-state index contributed by atoms with van der Waals surface area (Å²) in [6.45, 7) is 9.09. The minimum absolute atomic E-state index is 0.0285. The zero-order valence-electron chi connectivity index (χ0n) is 15.5. The molecule has 0 radical (unpaired) electrons. The van der Waals surface area contributed by atoms with Gasteiger partial charge in [-0.15, -0.1) is 0 Å². The van der Waals surface area contributed by atoms with Crippen molar-refractivity contribution in [2.24, 2.45) is 0 Å². The summed E-state index contributed by atoms with van der Waals surface area (Å²) in [5.74, 6) is -0.273. The molecule has 1 saturated heterocycles. The molecule has 25 heavy (non-hydrogen) atoms. The third-order valence-electron chi connectivity index (χ3n) is 4.63. The van der Waals surface area contributed by atoms with Gasteiger partial charge in [0.15, 0.2) is 0 Å². The molecule has 1 aromatic rings. The van der Waals surface area contributed by atoms with Crippen molar-refractivity contribution in [3.8, 4) is 0 Å². The highest BCUT2D eigenvalue weighted by Crippen LogP contribution is 2.15. The van der Waals surface area contributed by atoms with Gasteiger partial charge in [0.2, 0.25) is 17.7 Å². The number of carbonyl (C=O) groups excluding carboxylic acids is 3. The molecule has 1 aliphatic rings. The van der Waals surface area contributed by atoms with Crippen molar-refractivity contribution in [2.75, 3.05) is 26.2 Å². The average molecular weight is 345 g/mol. The quantitative estimate of drug-likeness (QED) is 0.886. The highest BCUT2D eigenvalue weighted by molar-refractivity contribution is 5.87. The van der Waals surface area contributed by atoms with Gasteiger partial charge in [-0.2, -0.15) is 0 Å². The molecule has 1 heterocycles. The predicted molar refractivity (Wildman–Crippen MR) is 96.1 cm³/mol. The third kappa shape index (κ3) is 5.05. The van der Waals surface area contributed by atoms with E-state index in [9.17, 15) is 14.4 Å². The standard InChI is InChI=1S/C19H27N3O3/c1-13-5-6-17(14(2)11-13)12-18(20-15(3)23)19(25)22-9-7-21(8-10-22)16(4)24/h5-6,11,18H,7-10,12H2,1-4H3,(H,20,23). The summed E-state index contributed by atoms with van der Waals surface area (Å²) in [6, 6.07) is 5.53. The number of carbonyl (C=O) groups is 3. The molecule has 1 aliphatic heterocycles. The Morgan fingerprint density at radius 3 is 2.16 bits per heavy atom.